The van der Waals surface area contributed by atoms with Crippen molar-refractivity contribution in [2.24, 2.45) is 0 Å². The number of para-hydroxylation sites is 1. The number of H-pyrrole nitrogens is 1. The molecule has 0 amide bonds. The van der Waals surface area contributed by atoms with Gasteiger partial charge in [-0.2, -0.15) is 0 Å². The van der Waals surface area contributed by atoms with Crippen LogP contribution in [0.4, 0.5) is 5.69 Å². The number of aromatic nitrogens is 4. The third-order valence-corrected chi connectivity index (χ3v) is 2.79. The lowest BCUT2D eigenvalue weighted by atomic mass is 10.1. The van der Waals surface area contributed by atoms with E-state index in [1.807, 2.05) is 24.3 Å². The molecule has 3 aromatic rings. The molecule has 0 spiro atoms. The van der Waals surface area contributed by atoms with Gasteiger partial charge in [0.25, 0.3) is 0 Å². The molecule has 19 heavy (non-hydrogen) atoms. The Labute approximate surface area is 110 Å². The molecule has 0 unspecified atom stereocenters. The van der Waals surface area contributed by atoms with Crippen molar-refractivity contribution in [1.29, 1.82) is 0 Å². The molecule has 0 fully saturated rings. The molecule has 5 heteroatoms. The molecule has 0 aliphatic rings. The fraction of sp³-hybridized carbons (Fsp3) is 0.0714. The van der Waals surface area contributed by atoms with E-state index in [-0.39, 0.29) is 0 Å². The van der Waals surface area contributed by atoms with E-state index in [0.29, 0.717) is 6.54 Å². The zero-order valence-corrected chi connectivity index (χ0v) is 10.2. The number of benzene rings is 1. The first kappa shape index (κ1) is 11.4. The van der Waals surface area contributed by atoms with Gasteiger partial charge in [-0.25, -0.2) is 4.98 Å². The molecule has 1 aromatic carbocycles. The van der Waals surface area contributed by atoms with Gasteiger partial charge in [0.2, 0.25) is 0 Å². The van der Waals surface area contributed by atoms with Crippen LogP contribution in [-0.4, -0.2) is 19.9 Å². The number of nitrogens with one attached hydrogen (secondary N) is 2. The first-order valence-corrected chi connectivity index (χ1v) is 6.00. The lowest BCUT2D eigenvalue weighted by molar-refractivity contribution is 1.07. The summed E-state index contributed by atoms with van der Waals surface area (Å²) in [5.41, 5.74) is 3.96. The Kier molecular flexibility index (Phi) is 3.18. The van der Waals surface area contributed by atoms with E-state index in [1.165, 1.54) is 0 Å². The fourth-order valence-corrected chi connectivity index (χ4v) is 1.87. The third kappa shape index (κ3) is 2.60. The van der Waals surface area contributed by atoms with Crippen molar-refractivity contribution in [3.8, 4) is 11.3 Å². The summed E-state index contributed by atoms with van der Waals surface area (Å²) in [5.74, 6) is 0. The van der Waals surface area contributed by atoms with E-state index in [4.69, 9.17) is 0 Å². The van der Waals surface area contributed by atoms with Gasteiger partial charge in [0.05, 0.1) is 30.5 Å². The molecule has 0 aliphatic heterocycles. The zero-order valence-electron chi connectivity index (χ0n) is 10.2. The monoisotopic (exact) mass is 251 g/mol. The van der Waals surface area contributed by atoms with Crippen molar-refractivity contribution >= 4 is 5.69 Å². The lowest BCUT2D eigenvalue weighted by Crippen LogP contribution is -2.01. The zero-order chi connectivity index (χ0) is 12.9. The van der Waals surface area contributed by atoms with Crippen molar-refractivity contribution in [2.45, 2.75) is 6.54 Å². The second-order valence-corrected chi connectivity index (χ2v) is 4.07. The molecule has 0 saturated heterocycles. The highest BCUT2D eigenvalue weighted by molar-refractivity contribution is 5.74. The predicted octanol–water partition coefficient (Wildman–Crippen LogP) is 2.48. The maximum absolute atomic E-state index is 4.33. The maximum Gasteiger partial charge on any atom is 0.0922 e. The van der Waals surface area contributed by atoms with Crippen LogP contribution in [-0.2, 0) is 6.54 Å². The SMILES string of the molecule is c1ccc(-c2cnccn2)c(NCc2cnc[nH]2)c1. The molecule has 0 radical (unpaired) electrons. The van der Waals surface area contributed by atoms with E-state index in [9.17, 15) is 0 Å². The van der Waals surface area contributed by atoms with Gasteiger partial charge in [0.15, 0.2) is 0 Å². The summed E-state index contributed by atoms with van der Waals surface area (Å²) in [6, 6.07) is 8.04. The van der Waals surface area contributed by atoms with Crippen LogP contribution in [0, 0.1) is 0 Å². The minimum atomic E-state index is 0.692. The lowest BCUT2D eigenvalue weighted by Gasteiger charge is -2.10. The highest BCUT2D eigenvalue weighted by Gasteiger charge is 2.05. The van der Waals surface area contributed by atoms with Gasteiger partial charge >= 0.3 is 0 Å². The van der Waals surface area contributed by atoms with Crippen LogP contribution in [0.1, 0.15) is 5.69 Å². The number of nitrogens with zero attached hydrogens (tertiary/aromatic N) is 3. The Morgan fingerprint density at radius 1 is 1.05 bits per heavy atom. The normalized spacial score (nSPS) is 10.3. The molecule has 0 aliphatic carbocycles. The molecule has 2 heterocycles. The summed E-state index contributed by atoms with van der Waals surface area (Å²) >= 11 is 0. The van der Waals surface area contributed by atoms with Crippen LogP contribution < -0.4 is 5.32 Å². The van der Waals surface area contributed by atoms with Gasteiger partial charge in [-0.05, 0) is 6.07 Å². The van der Waals surface area contributed by atoms with Crippen LogP contribution in [0.3, 0.4) is 0 Å². The number of rotatable bonds is 4. The topological polar surface area (TPSA) is 66.5 Å². The van der Waals surface area contributed by atoms with Crippen molar-refractivity contribution in [1.82, 2.24) is 19.9 Å². The molecule has 0 bridgehead atoms. The molecule has 0 saturated carbocycles. The fourth-order valence-electron chi connectivity index (χ4n) is 1.87. The van der Waals surface area contributed by atoms with Gasteiger partial charge in [-0.3, -0.25) is 9.97 Å². The Morgan fingerprint density at radius 3 is 2.79 bits per heavy atom. The Morgan fingerprint density at radius 2 is 2.00 bits per heavy atom. The maximum atomic E-state index is 4.33. The second-order valence-electron chi connectivity index (χ2n) is 4.07. The number of aromatic amines is 1. The summed E-state index contributed by atoms with van der Waals surface area (Å²) in [4.78, 5) is 15.5. The van der Waals surface area contributed by atoms with Gasteiger partial charge in [0.1, 0.15) is 0 Å². The van der Waals surface area contributed by atoms with E-state index < -0.39 is 0 Å². The molecule has 2 aromatic heterocycles. The van der Waals surface area contributed by atoms with Gasteiger partial charge in [-0.1, -0.05) is 18.2 Å². The van der Waals surface area contributed by atoms with Crippen molar-refractivity contribution in [2.75, 3.05) is 5.32 Å². The average Bonchev–Trinajstić information content (AvgIpc) is 3.00. The minimum absolute atomic E-state index is 0.692. The van der Waals surface area contributed by atoms with E-state index in [2.05, 4.69) is 25.3 Å². The summed E-state index contributed by atoms with van der Waals surface area (Å²) < 4.78 is 0. The average molecular weight is 251 g/mol. The molecule has 0 atom stereocenters. The van der Waals surface area contributed by atoms with E-state index >= 15 is 0 Å². The van der Waals surface area contributed by atoms with E-state index in [0.717, 1.165) is 22.6 Å². The number of imidazole rings is 1. The van der Waals surface area contributed by atoms with Crippen molar-refractivity contribution in [3.05, 3.63) is 61.1 Å². The van der Waals surface area contributed by atoms with Gasteiger partial charge in [-0.15, -0.1) is 0 Å². The number of hydrogen-bond donors (Lipinski definition) is 2. The number of anilines is 1. The highest BCUT2D eigenvalue weighted by atomic mass is 14.9. The molecular formula is C14H13N5. The molecule has 94 valence electrons. The standard InChI is InChI=1S/C14H13N5/c1-2-4-13(18-8-11-7-16-10-19-11)12(3-1)14-9-15-5-6-17-14/h1-7,9-10,18H,8H2,(H,16,19). The quantitative estimate of drug-likeness (QED) is 0.747. The van der Waals surface area contributed by atoms with Crippen molar-refractivity contribution < 1.29 is 0 Å². The summed E-state index contributed by atoms with van der Waals surface area (Å²) in [6.07, 6.45) is 8.60. The largest absolute Gasteiger partial charge is 0.379 e. The van der Waals surface area contributed by atoms with Crippen LogP contribution >= 0.6 is 0 Å². The summed E-state index contributed by atoms with van der Waals surface area (Å²) in [5, 5.41) is 3.38. The van der Waals surface area contributed by atoms with Crippen molar-refractivity contribution in [3.63, 3.8) is 0 Å². The van der Waals surface area contributed by atoms with Gasteiger partial charge in [0, 0.05) is 29.8 Å². The summed E-state index contributed by atoms with van der Waals surface area (Å²) in [7, 11) is 0. The minimum Gasteiger partial charge on any atom is -0.379 e. The molecular weight excluding hydrogens is 238 g/mol. The molecule has 2 N–H and O–H groups in total. The second kappa shape index (κ2) is 5.30. The first-order chi connectivity index (χ1) is 9.43. The Hall–Kier alpha value is -2.69. The van der Waals surface area contributed by atoms with Crippen LogP contribution in [0.5, 0.6) is 0 Å². The van der Waals surface area contributed by atoms with E-state index in [1.54, 1.807) is 31.1 Å². The molecule has 5 nitrogen and oxygen atoms in total. The summed E-state index contributed by atoms with van der Waals surface area (Å²) in [6.45, 7) is 0.692. The highest BCUT2D eigenvalue weighted by Crippen LogP contribution is 2.25. The first-order valence-electron chi connectivity index (χ1n) is 6.00. The smallest absolute Gasteiger partial charge is 0.0922 e. The Bertz CT molecular complexity index is 634. The van der Waals surface area contributed by atoms with Crippen LogP contribution in [0.2, 0.25) is 0 Å². The third-order valence-electron chi connectivity index (χ3n) is 2.79. The van der Waals surface area contributed by atoms with Crippen LogP contribution in [0.25, 0.3) is 11.3 Å². The number of hydrogen-bond acceptors (Lipinski definition) is 4. The van der Waals surface area contributed by atoms with Gasteiger partial charge < -0.3 is 10.3 Å². The van der Waals surface area contributed by atoms with Crippen LogP contribution in [0.15, 0.2) is 55.4 Å². The predicted molar refractivity (Wildman–Crippen MR) is 73.4 cm³/mol. The molecule has 3 rings (SSSR count). The Balaban J connectivity index is 1.85.